The summed E-state index contributed by atoms with van der Waals surface area (Å²) in [6.07, 6.45) is -4.76. The maximum absolute atomic E-state index is 14.2. The Kier molecular flexibility index (Phi) is 5.53. The highest BCUT2D eigenvalue weighted by molar-refractivity contribution is 7.78. The SMILES string of the molecule is Fc1cc(-c2ccc(-c3ccc(OC(F)(F)F)cc3)cc2)c(F)cc1N=C=S. The van der Waals surface area contributed by atoms with E-state index in [1.807, 2.05) is 5.16 Å². The fourth-order valence-electron chi connectivity index (χ4n) is 2.58. The minimum absolute atomic E-state index is 0.0429. The van der Waals surface area contributed by atoms with Gasteiger partial charge >= 0.3 is 6.36 Å². The predicted molar refractivity (Wildman–Crippen MR) is 98.6 cm³/mol. The van der Waals surface area contributed by atoms with Crippen LogP contribution in [0.4, 0.5) is 27.6 Å². The van der Waals surface area contributed by atoms with Gasteiger partial charge in [0.25, 0.3) is 0 Å². The van der Waals surface area contributed by atoms with Gasteiger partial charge in [-0.25, -0.2) is 8.78 Å². The third-order valence-corrected chi connectivity index (χ3v) is 3.91. The van der Waals surface area contributed by atoms with Crippen LogP contribution in [0, 0.1) is 11.6 Å². The molecule has 0 aliphatic heterocycles. The van der Waals surface area contributed by atoms with Crippen LogP contribution in [-0.4, -0.2) is 11.5 Å². The molecule has 0 bridgehead atoms. The number of ether oxygens (including phenoxy) is 1. The summed E-state index contributed by atoms with van der Waals surface area (Å²) in [4.78, 5) is 3.45. The molecule has 3 rings (SSSR count). The highest BCUT2D eigenvalue weighted by atomic mass is 32.1. The molecule has 0 heterocycles. The Hall–Kier alpha value is -3.09. The van der Waals surface area contributed by atoms with E-state index in [0.29, 0.717) is 16.7 Å². The van der Waals surface area contributed by atoms with Gasteiger partial charge in [-0.15, -0.1) is 13.2 Å². The number of benzene rings is 3. The van der Waals surface area contributed by atoms with E-state index in [4.69, 9.17) is 0 Å². The molecule has 0 atom stereocenters. The Morgan fingerprint density at radius 2 is 1.32 bits per heavy atom. The van der Waals surface area contributed by atoms with Crippen molar-refractivity contribution in [1.29, 1.82) is 0 Å². The number of aliphatic imine (C=N–C) groups is 1. The van der Waals surface area contributed by atoms with Crippen molar-refractivity contribution in [2.24, 2.45) is 4.99 Å². The van der Waals surface area contributed by atoms with Crippen LogP contribution in [0.5, 0.6) is 5.75 Å². The van der Waals surface area contributed by atoms with Crippen molar-refractivity contribution in [3.05, 3.63) is 72.3 Å². The molecule has 0 amide bonds. The molecule has 0 unspecified atom stereocenters. The van der Waals surface area contributed by atoms with Gasteiger partial charge in [-0.3, -0.25) is 0 Å². The van der Waals surface area contributed by atoms with E-state index >= 15 is 0 Å². The van der Waals surface area contributed by atoms with Gasteiger partial charge in [0.15, 0.2) is 0 Å². The van der Waals surface area contributed by atoms with Gasteiger partial charge in [0.2, 0.25) is 0 Å². The lowest BCUT2D eigenvalue weighted by Gasteiger charge is -2.10. The Bertz CT molecular complexity index is 1040. The quantitative estimate of drug-likeness (QED) is 0.266. The van der Waals surface area contributed by atoms with Gasteiger partial charge < -0.3 is 4.74 Å². The van der Waals surface area contributed by atoms with E-state index in [2.05, 4.69) is 21.9 Å². The Morgan fingerprint density at radius 1 is 0.786 bits per heavy atom. The van der Waals surface area contributed by atoms with E-state index < -0.39 is 18.0 Å². The van der Waals surface area contributed by atoms with E-state index in [1.54, 1.807) is 24.3 Å². The molecular formula is C20H10F5NOS. The minimum atomic E-state index is -4.76. The molecule has 0 fully saturated rings. The fourth-order valence-corrected chi connectivity index (χ4v) is 2.68. The smallest absolute Gasteiger partial charge is 0.406 e. The first kappa shape index (κ1) is 19.7. The molecule has 0 radical (unpaired) electrons. The number of hydrogen-bond acceptors (Lipinski definition) is 3. The summed E-state index contributed by atoms with van der Waals surface area (Å²) in [5, 5.41) is 1.98. The molecule has 8 heteroatoms. The lowest BCUT2D eigenvalue weighted by atomic mass is 9.99. The van der Waals surface area contributed by atoms with Gasteiger partial charge in [0.1, 0.15) is 23.1 Å². The summed E-state index contributed by atoms with van der Waals surface area (Å²) in [5.41, 5.74) is 1.55. The maximum atomic E-state index is 14.2. The summed E-state index contributed by atoms with van der Waals surface area (Å²) in [6.45, 7) is 0. The van der Waals surface area contributed by atoms with Gasteiger partial charge in [-0.1, -0.05) is 36.4 Å². The minimum Gasteiger partial charge on any atom is -0.406 e. The van der Waals surface area contributed by atoms with Crippen molar-refractivity contribution in [1.82, 2.24) is 0 Å². The van der Waals surface area contributed by atoms with Gasteiger partial charge in [0, 0.05) is 11.6 Å². The van der Waals surface area contributed by atoms with Crippen molar-refractivity contribution in [3.8, 4) is 28.0 Å². The highest BCUT2D eigenvalue weighted by Gasteiger charge is 2.30. The molecule has 0 aromatic heterocycles. The molecule has 3 aromatic carbocycles. The van der Waals surface area contributed by atoms with Crippen LogP contribution in [0.1, 0.15) is 0 Å². The summed E-state index contributed by atoms with van der Waals surface area (Å²) < 4.78 is 68.7. The molecule has 142 valence electrons. The number of thiocarbonyl (C=S) groups is 1. The molecule has 0 N–H and O–H groups in total. The first-order valence-corrected chi connectivity index (χ1v) is 8.21. The second kappa shape index (κ2) is 7.88. The lowest BCUT2D eigenvalue weighted by Crippen LogP contribution is -2.16. The van der Waals surface area contributed by atoms with Crippen molar-refractivity contribution in [2.75, 3.05) is 0 Å². The van der Waals surface area contributed by atoms with E-state index in [-0.39, 0.29) is 17.0 Å². The molecule has 28 heavy (non-hydrogen) atoms. The Balaban J connectivity index is 1.86. The normalized spacial score (nSPS) is 11.0. The number of rotatable bonds is 4. The van der Waals surface area contributed by atoms with Crippen molar-refractivity contribution in [3.63, 3.8) is 0 Å². The average Bonchev–Trinajstić information content (AvgIpc) is 2.64. The summed E-state index contributed by atoms with van der Waals surface area (Å²) >= 11 is 4.39. The van der Waals surface area contributed by atoms with E-state index in [0.717, 1.165) is 12.1 Å². The molecule has 0 aliphatic carbocycles. The third kappa shape index (κ3) is 4.60. The van der Waals surface area contributed by atoms with Crippen LogP contribution in [0.25, 0.3) is 22.3 Å². The lowest BCUT2D eigenvalue weighted by molar-refractivity contribution is -0.274. The maximum Gasteiger partial charge on any atom is 0.573 e. The first-order chi connectivity index (χ1) is 13.3. The molecule has 0 aliphatic rings. The van der Waals surface area contributed by atoms with Gasteiger partial charge in [-0.2, -0.15) is 4.99 Å². The van der Waals surface area contributed by atoms with Crippen molar-refractivity contribution >= 4 is 23.1 Å². The highest BCUT2D eigenvalue weighted by Crippen LogP contribution is 2.31. The zero-order valence-electron chi connectivity index (χ0n) is 13.9. The molecule has 0 saturated carbocycles. The van der Waals surface area contributed by atoms with Crippen molar-refractivity contribution in [2.45, 2.75) is 6.36 Å². The molecule has 0 saturated heterocycles. The first-order valence-electron chi connectivity index (χ1n) is 7.80. The van der Waals surface area contributed by atoms with Gasteiger partial charge in [0.05, 0.1) is 5.16 Å². The van der Waals surface area contributed by atoms with Crippen LogP contribution in [0.2, 0.25) is 0 Å². The second-order valence-corrected chi connectivity index (χ2v) is 5.82. The number of hydrogen-bond donors (Lipinski definition) is 0. The Morgan fingerprint density at radius 3 is 1.86 bits per heavy atom. The summed E-state index contributed by atoms with van der Waals surface area (Å²) in [6, 6.07) is 13.7. The van der Waals surface area contributed by atoms with Crippen molar-refractivity contribution < 1.29 is 26.7 Å². The number of isothiocyanates is 1. The van der Waals surface area contributed by atoms with Gasteiger partial charge in [-0.05, 0) is 47.1 Å². The molecule has 2 nitrogen and oxygen atoms in total. The van der Waals surface area contributed by atoms with Crippen LogP contribution < -0.4 is 4.74 Å². The molecule has 3 aromatic rings. The zero-order chi connectivity index (χ0) is 20.3. The second-order valence-electron chi connectivity index (χ2n) is 5.64. The number of halogens is 5. The zero-order valence-corrected chi connectivity index (χ0v) is 14.7. The largest absolute Gasteiger partial charge is 0.573 e. The van der Waals surface area contributed by atoms with Crippen LogP contribution in [-0.2, 0) is 0 Å². The van der Waals surface area contributed by atoms with E-state index in [9.17, 15) is 22.0 Å². The predicted octanol–water partition coefficient (Wildman–Crippen LogP) is 6.93. The summed E-state index contributed by atoms with van der Waals surface area (Å²) in [7, 11) is 0. The molecular weight excluding hydrogens is 397 g/mol. The summed E-state index contributed by atoms with van der Waals surface area (Å²) in [5.74, 6) is -1.74. The van der Waals surface area contributed by atoms with E-state index in [1.165, 1.54) is 24.3 Å². The Labute approximate surface area is 161 Å². The van der Waals surface area contributed by atoms with Crippen LogP contribution >= 0.6 is 12.2 Å². The topological polar surface area (TPSA) is 21.6 Å². The number of nitrogens with zero attached hydrogens (tertiary/aromatic N) is 1. The fraction of sp³-hybridized carbons (Fsp3) is 0.0500. The molecule has 0 spiro atoms. The number of alkyl halides is 3. The van der Waals surface area contributed by atoms with Crippen LogP contribution in [0.3, 0.4) is 0 Å². The third-order valence-electron chi connectivity index (χ3n) is 3.82. The average molecular weight is 407 g/mol. The van der Waals surface area contributed by atoms with Crippen LogP contribution in [0.15, 0.2) is 65.7 Å². The monoisotopic (exact) mass is 407 g/mol. The standard InChI is InChI=1S/C20H10F5NOS/c21-17-10-19(26-11-28)18(22)9-16(17)14-3-1-12(2-4-14)13-5-7-15(8-6-13)27-20(23,24)25/h1-10H.